The lowest BCUT2D eigenvalue weighted by Gasteiger charge is -2.14. The molecule has 1 heterocycles. The molecule has 1 aromatic rings. The van der Waals surface area contributed by atoms with Gasteiger partial charge in [-0.05, 0) is 6.07 Å². The standard InChI is InChI=1S/C9H10ClFN2O3/c1-13(9(14)15)4-5-3-6(11)7(10)12-8(5)16-2/h3H,4H2,1-2H3,(H,14,15). The Balaban J connectivity index is 3.03. The molecule has 0 saturated carbocycles. The zero-order valence-corrected chi connectivity index (χ0v) is 9.45. The third kappa shape index (κ3) is 2.73. The molecule has 1 aromatic heterocycles. The maximum atomic E-state index is 13.1. The fourth-order valence-corrected chi connectivity index (χ4v) is 1.23. The minimum atomic E-state index is -1.13. The average molecular weight is 249 g/mol. The van der Waals surface area contributed by atoms with Gasteiger partial charge in [-0.2, -0.15) is 4.98 Å². The number of methoxy groups -OCH3 is 1. The third-order valence-corrected chi connectivity index (χ3v) is 2.16. The second kappa shape index (κ2) is 4.98. The predicted octanol–water partition coefficient (Wildman–Crippen LogP) is 1.99. The lowest BCUT2D eigenvalue weighted by atomic mass is 10.2. The Bertz CT molecular complexity index is 414. The summed E-state index contributed by atoms with van der Waals surface area (Å²) in [6.45, 7) is -0.0282. The first kappa shape index (κ1) is 12.5. The van der Waals surface area contributed by atoms with E-state index < -0.39 is 11.9 Å². The van der Waals surface area contributed by atoms with Crippen molar-refractivity contribution in [2.45, 2.75) is 6.54 Å². The van der Waals surface area contributed by atoms with Crippen molar-refractivity contribution in [3.05, 3.63) is 22.6 Å². The highest BCUT2D eigenvalue weighted by molar-refractivity contribution is 6.29. The summed E-state index contributed by atoms with van der Waals surface area (Å²) in [5.41, 5.74) is 0.314. The summed E-state index contributed by atoms with van der Waals surface area (Å²) in [6, 6.07) is 1.10. The molecule has 0 aliphatic heterocycles. The van der Waals surface area contributed by atoms with E-state index in [0.717, 1.165) is 11.0 Å². The molecular weight excluding hydrogens is 239 g/mol. The van der Waals surface area contributed by atoms with Crippen LogP contribution in [0.15, 0.2) is 6.07 Å². The maximum absolute atomic E-state index is 13.1. The fraction of sp³-hybridized carbons (Fsp3) is 0.333. The summed E-state index contributed by atoms with van der Waals surface area (Å²) < 4.78 is 18.0. The van der Waals surface area contributed by atoms with Gasteiger partial charge < -0.3 is 14.7 Å². The van der Waals surface area contributed by atoms with Gasteiger partial charge in [0.2, 0.25) is 5.88 Å². The monoisotopic (exact) mass is 248 g/mol. The van der Waals surface area contributed by atoms with Crippen LogP contribution in [0.25, 0.3) is 0 Å². The summed E-state index contributed by atoms with van der Waals surface area (Å²) in [4.78, 5) is 15.2. The molecule has 16 heavy (non-hydrogen) atoms. The number of ether oxygens (including phenoxy) is 1. The number of pyridine rings is 1. The lowest BCUT2D eigenvalue weighted by molar-refractivity contribution is 0.153. The van der Waals surface area contributed by atoms with Crippen LogP contribution in [0.1, 0.15) is 5.56 Å². The van der Waals surface area contributed by atoms with Crippen LogP contribution >= 0.6 is 11.6 Å². The van der Waals surface area contributed by atoms with E-state index in [0.29, 0.717) is 5.56 Å². The topological polar surface area (TPSA) is 62.7 Å². The number of amides is 1. The third-order valence-electron chi connectivity index (χ3n) is 1.90. The van der Waals surface area contributed by atoms with Crippen LogP contribution in [0.5, 0.6) is 5.88 Å². The number of hydrogen-bond acceptors (Lipinski definition) is 3. The summed E-state index contributed by atoms with van der Waals surface area (Å²) in [5.74, 6) is -0.601. The van der Waals surface area contributed by atoms with Crippen LogP contribution in [0.3, 0.4) is 0 Å². The van der Waals surface area contributed by atoms with Crippen LogP contribution in [0.4, 0.5) is 9.18 Å². The molecule has 0 aromatic carbocycles. The van der Waals surface area contributed by atoms with Crippen molar-refractivity contribution >= 4 is 17.7 Å². The highest BCUT2D eigenvalue weighted by atomic mass is 35.5. The van der Waals surface area contributed by atoms with E-state index in [-0.39, 0.29) is 17.6 Å². The normalized spacial score (nSPS) is 10.0. The molecule has 0 radical (unpaired) electrons. The molecule has 0 bridgehead atoms. The first-order valence-corrected chi connectivity index (χ1v) is 4.66. The Hall–Kier alpha value is -1.56. The molecule has 7 heteroatoms. The molecule has 0 spiro atoms. The van der Waals surface area contributed by atoms with Gasteiger partial charge >= 0.3 is 6.09 Å². The summed E-state index contributed by atoms with van der Waals surface area (Å²) in [6.07, 6.45) is -1.13. The molecule has 0 aliphatic carbocycles. The van der Waals surface area contributed by atoms with Crippen molar-refractivity contribution in [2.75, 3.05) is 14.2 Å². The molecule has 88 valence electrons. The second-order valence-corrected chi connectivity index (χ2v) is 3.43. The number of aromatic nitrogens is 1. The van der Waals surface area contributed by atoms with E-state index in [1.807, 2.05) is 0 Å². The Morgan fingerprint density at radius 3 is 2.88 bits per heavy atom. The van der Waals surface area contributed by atoms with Crippen LogP contribution in [0, 0.1) is 5.82 Å². The number of nitrogens with zero attached hydrogens (tertiary/aromatic N) is 2. The van der Waals surface area contributed by atoms with Crippen LogP contribution < -0.4 is 4.74 Å². The van der Waals surface area contributed by atoms with Gasteiger partial charge in [-0.1, -0.05) is 11.6 Å². The first-order chi connectivity index (χ1) is 7.45. The molecule has 1 N–H and O–H groups in total. The zero-order chi connectivity index (χ0) is 12.3. The highest BCUT2D eigenvalue weighted by Crippen LogP contribution is 2.22. The van der Waals surface area contributed by atoms with Crippen molar-refractivity contribution in [1.29, 1.82) is 0 Å². The number of halogens is 2. The number of carboxylic acid groups (broad SMARTS) is 1. The Morgan fingerprint density at radius 1 is 1.75 bits per heavy atom. The number of carbonyl (C=O) groups is 1. The lowest BCUT2D eigenvalue weighted by Crippen LogP contribution is -2.24. The summed E-state index contributed by atoms with van der Waals surface area (Å²) in [5, 5.41) is 8.37. The van der Waals surface area contributed by atoms with Crippen molar-refractivity contribution < 1.29 is 19.0 Å². The minimum Gasteiger partial charge on any atom is -0.481 e. The van der Waals surface area contributed by atoms with Crippen molar-refractivity contribution in [3.8, 4) is 5.88 Å². The van der Waals surface area contributed by atoms with E-state index in [4.69, 9.17) is 21.4 Å². The zero-order valence-electron chi connectivity index (χ0n) is 8.70. The molecule has 1 rings (SSSR count). The number of hydrogen-bond donors (Lipinski definition) is 1. The molecule has 1 amide bonds. The maximum Gasteiger partial charge on any atom is 0.407 e. The van der Waals surface area contributed by atoms with E-state index in [1.54, 1.807) is 0 Å². The smallest absolute Gasteiger partial charge is 0.407 e. The van der Waals surface area contributed by atoms with Gasteiger partial charge in [0.15, 0.2) is 11.0 Å². The average Bonchev–Trinajstić information content (AvgIpc) is 2.22. The van der Waals surface area contributed by atoms with Gasteiger partial charge in [0.25, 0.3) is 0 Å². The van der Waals surface area contributed by atoms with E-state index >= 15 is 0 Å². The minimum absolute atomic E-state index is 0.0282. The molecule has 0 aliphatic rings. The Morgan fingerprint density at radius 2 is 2.38 bits per heavy atom. The largest absolute Gasteiger partial charge is 0.481 e. The van der Waals surface area contributed by atoms with Gasteiger partial charge in [0, 0.05) is 12.6 Å². The summed E-state index contributed by atoms with van der Waals surface area (Å²) >= 11 is 5.47. The van der Waals surface area contributed by atoms with Crippen LogP contribution in [0.2, 0.25) is 5.15 Å². The van der Waals surface area contributed by atoms with Gasteiger partial charge in [0.1, 0.15) is 0 Å². The molecule has 0 atom stereocenters. The fourth-order valence-electron chi connectivity index (χ4n) is 1.10. The highest BCUT2D eigenvalue weighted by Gasteiger charge is 2.14. The predicted molar refractivity (Wildman–Crippen MR) is 55.2 cm³/mol. The first-order valence-electron chi connectivity index (χ1n) is 4.28. The van der Waals surface area contributed by atoms with E-state index in [2.05, 4.69) is 4.98 Å². The second-order valence-electron chi connectivity index (χ2n) is 3.07. The van der Waals surface area contributed by atoms with Crippen molar-refractivity contribution in [3.63, 3.8) is 0 Å². The Labute approximate surface area is 96.4 Å². The van der Waals surface area contributed by atoms with Crippen LogP contribution in [-0.4, -0.2) is 35.2 Å². The van der Waals surface area contributed by atoms with Gasteiger partial charge in [-0.3, -0.25) is 0 Å². The molecule has 0 saturated heterocycles. The number of rotatable bonds is 3. The molecular formula is C9H10ClFN2O3. The molecule has 0 unspecified atom stereocenters. The SMILES string of the molecule is COc1nc(Cl)c(F)cc1CN(C)C(=O)O. The van der Waals surface area contributed by atoms with E-state index in [9.17, 15) is 9.18 Å². The Kier molecular flexibility index (Phi) is 3.89. The van der Waals surface area contributed by atoms with Crippen molar-refractivity contribution in [2.24, 2.45) is 0 Å². The quantitative estimate of drug-likeness (QED) is 0.831. The van der Waals surface area contributed by atoms with Crippen LogP contribution in [-0.2, 0) is 6.54 Å². The summed E-state index contributed by atoms with van der Waals surface area (Å²) in [7, 11) is 2.70. The van der Waals surface area contributed by atoms with E-state index in [1.165, 1.54) is 14.2 Å². The molecule has 0 fully saturated rings. The van der Waals surface area contributed by atoms with Gasteiger partial charge in [0.05, 0.1) is 13.7 Å². The van der Waals surface area contributed by atoms with Gasteiger partial charge in [-0.15, -0.1) is 0 Å². The molecule has 5 nitrogen and oxygen atoms in total. The van der Waals surface area contributed by atoms with Crippen molar-refractivity contribution in [1.82, 2.24) is 9.88 Å². The van der Waals surface area contributed by atoms with Gasteiger partial charge in [-0.25, -0.2) is 9.18 Å².